The topological polar surface area (TPSA) is 38.7 Å². The summed E-state index contributed by atoms with van der Waals surface area (Å²) in [5, 5.41) is 20.7. The minimum atomic E-state index is -1.47. The van der Waals surface area contributed by atoms with Crippen LogP contribution in [0.2, 0.25) is 0 Å². The van der Waals surface area contributed by atoms with E-state index in [0.717, 1.165) is 37.7 Å². The monoisotopic (exact) mass is 432 g/mol. The van der Waals surface area contributed by atoms with Crippen LogP contribution in [-0.2, 0) is 4.74 Å². The Balaban J connectivity index is 1.85. The maximum Gasteiger partial charge on any atom is 0.196 e. The second kappa shape index (κ2) is 7.45. The van der Waals surface area contributed by atoms with Crippen LogP contribution in [0.4, 0.5) is 0 Å². The van der Waals surface area contributed by atoms with Crippen molar-refractivity contribution in [2.75, 3.05) is 14.2 Å². The molecule has 1 aliphatic carbocycles. The predicted octanol–water partition coefficient (Wildman–Crippen LogP) is 4.87. The zero-order chi connectivity index (χ0) is 22.6. The first-order chi connectivity index (χ1) is 16.1. The first-order valence-corrected chi connectivity index (χ1v) is 11.1. The molecule has 3 nitrogen and oxygen atoms in total. The fourth-order valence-electron chi connectivity index (χ4n) is 5.30. The smallest absolute Gasteiger partial charge is 0.196 e. The zero-order valence-electron chi connectivity index (χ0n) is 18.6. The first kappa shape index (κ1) is 20.0. The molecule has 1 aliphatic rings. The third kappa shape index (κ3) is 2.90. The predicted molar refractivity (Wildman–Crippen MR) is 135 cm³/mol. The SMILES string of the molecule is COc1ccc2c(ccc3ccccc32)c1C1=c2ccc3ccccc3c2=CCC1(O)OC. The minimum Gasteiger partial charge on any atom is -0.496 e. The minimum absolute atomic E-state index is 0.354. The molecule has 0 saturated carbocycles. The van der Waals surface area contributed by atoms with Crippen molar-refractivity contribution < 1.29 is 14.6 Å². The van der Waals surface area contributed by atoms with Crippen LogP contribution in [0.25, 0.3) is 44.0 Å². The lowest BCUT2D eigenvalue weighted by atomic mass is 9.83. The van der Waals surface area contributed by atoms with Gasteiger partial charge in [-0.2, -0.15) is 0 Å². The molecule has 0 spiro atoms. The molecule has 0 radical (unpaired) electrons. The molecule has 0 bridgehead atoms. The molecule has 162 valence electrons. The van der Waals surface area contributed by atoms with Crippen molar-refractivity contribution in [1.29, 1.82) is 0 Å². The molecule has 5 aromatic rings. The van der Waals surface area contributed by atoms with E-state index in [4.69, 9.17) is 9.47 Å². The van der Waals surface area contributed by atoms with E-state index in [1.165, 1.54) is 16.2 Å². The molecule has 1 N–H and O–H groups in total. The summed E-state index contributed by atoms with van der Waals surface area (Å²) in [6, 6.07) is 29.3. The zero-order valence-corrected chi connectivity index (χ0v) is 18.6. The lowest BCUT2D eigenvalue weighted by Crippen LogP contribution is -2.45. The average molecular weight is 433 g/mol. The van der Waals surface area contributed by atoms with Crippen molar-refractivity contribution in [3.05, 3.63) is 101 Å². The van der Waals surface area contributed by atoms with E-state index >= 15 is 0 Å². The summed E-state index contributed by atoms with van der Waals surface area (Å²) in [6.07, 6.45) is 2.44. The van der Waals surface area contributed by atoms with E-state index in [2.05, 4.69) is 78.9 Å². The van der Waals surface area contributed by atoms with Gasteiger partial charge in [0.1, 0.15) is 5.75 Å². The molecular formula is C30H24O3. The summed E-state index contributed by atoms with van der Waals surface area (Å²) in [4.78, 5) is 0. The Labute approximate surface area is 191 Å². The molecule has 0 saturated heterocycles. The van der Waals surface area contributed by atoms with E-state index in [1.807, 2.05) is 12.1 Å². The van der Waals surface area contributed by atoms with Crippen molar-refractivity contribution in [2.45, 2.75) is 12.2 Å². The number of ether oxygens (including phenoxy) is 2. The van der Waals surface area contributed by atoms with Crippen LogP contribution in [0.3, 0.4) is 0 Å². The number of fused-ring (bicyclic) bond motifs is 6. The van der Waals surface area contributed by atoms with Crippen molar-refractivity contribution >= 4 is 44.0 Å². The number of methoxy groups -OCH3 is 2. The fourth-order valence-corrected chi connectivity index (χ4v) is 5.30. The summed E-state index contributed by atoms with van der Waals surface area (Å²) in [6.45, 7) is 0. The fraction of sp³-hybridized carbons (Fsp3) is 0.133. The Morgan fingerprint density at radius 3 is 2.12 bits per heavy atom. The number of hydrogen-bond donors (Lipinski definition) is 1. The van der Waals surface area contributed by atoms with Gasteiger partial charge in [0.05, 0.1) is 7.11 Å². The maximum atomic E-state index is 11.8. The standard InChI is InChI=1S/C30H24O3/c1-32-27-16-15-23-21-9-5-3-7-19(21)11-13-25(23)28(27)29-26-14-12-20-8-4-6-10-22(20)24(26)17-18-30(29,31)33-2/h3-17,31H,18H2,1-2H3. The number of aliphatic hydroxyl groups is 1. The summed E-state index contributed by atoms with van der Waals surface area (Å²) in [7, 11) is 3.24. The van der Waals surface area contributed by atoms with E-state index < -0.39 is 5.79 Å². The van der Waals surface area contributed by atoms with Gasteiger partial charge in [0.15, 0.2) is 5.79 Å². The van der Waals surface area contributed by atoms with Crippen LogP contribution in [0.5, 0.6) is 5.75 Å². The van der Waals surface area contributed by atoms with E-state index in [1.54, 1.807) is 14.2 Å². The van der Waals surface area contributed by atoms with Gasteiger partial charge < -0.3 is 14.6 Å². The van der Waals surface area contributed by atoms with Crippen LogP contribution in [-0.4, -0.2) is 25.1 Å². The molecule has 3 heteroatoms. The van der Waals surface area contributed by atoms with Crippen LogP contribution < -0.4 is 15.2 Å². The quantitative estimate of drug-likeness (QED) is 0.326. The molecule has 0 amide bonds. The molecule has 0 heterocycles. The molecule has 0 fully saturated rings. The Morgan fingerprint density at radius 1 is 0.697 bits per heavy atom. The number of benzene rings is 5. The molecule has 6 rings (SSSR count). The Bertz CT molecular complexity index is 1680. The lowest BCUT2D eigenvalue weighted by molar-refractivity contribution is -0.132. The third-order valence-corrected chi connectivity index (χ3v) is 6.91. The van der Waals surface area contributed by atoms with Gasteiger partial charge >= 0.3 is 0 Å². The van der Waals surface area contributed by atoms with Crippen LogP contribution in [0, 0.1) is 0 Å². The Hall–Kier alpha value is -3.66. The first-order valence-electron chi connectivity index (χ1n) is 11.1. The van der Waals surface area contributed by atoms with Crippen molar-refractivity contribution in [3.63, 3.8) is 0 Å². The van der Waals surface area contributed by atoms with Crippen molar-refractivity contribution in [3.8, 4) is 5.75 Å². The maximum absolute atomic E-state index is 11.8. The van der Waals surface area contributed by atoms with Gasteiger partial charge in [-0.05, 0) is 48.8 Å². The third-order valence-electron chi connectivity index (χ3n) is 6.91. The van der Waals surface area contributed by atoms with E-state index in [0.29, 0.717) is 12.2 Å². The average Bonchev–Trinajstić information content (AvgIpc) is 2.87. The van der Waals surface area contributed by atoms with Crippen molar-refractivity contribution in [2.24, 2.45) is 0 Å². The van der Waals surface area contributed by atoms with Gasteiger partial charge in [0.25, 0.3) is 0 Å². The molecule has 5 aromatic carbocycles. The van der Waals surface area contributed by atoms with Gasteiger partial charge in [0.2, 0.25) is 0 Å². The highest BCUT2D eigenvalue weighted by atomic mass is 16.6. The highest BCUT2D eigenvalue weighted by Gasteiger charge is 2.37. The molecule has 1 unspecified atom stereocenters. The van der Waals surface area contributed by atoms with Gasteiger partial charge in [-0.3, -0.25) is 0 Å². The van der Waals surface area contributed by atoms with Gasteiger partial charge in [-0.1, -0.05) is 84.9 Å². The highest BCUT2D eigenvalue weighted by molar-refractivity contribution is 6.12. The second-order valence-corrected chi connectivity index (χ2v) is 8.54. The molecule has 0 aliphatic heterocycles. The van der Waals surface area contributed by atoms with Gasteiger partial charge in [-0.25, -0.2) is 0 Å². The largest absolute Gasteiger partial charge is 0.496 e. The summed E-state index contributed by atoms with van der Waals surface area (Å²) in [5.74, 6) is -0.757. The lowest BCUT2D eigenvalue weighted by Gasteiger charge is -2.32. The highest BCUT2D eigenvalue weighted by Crippen LogP contribution is 2.41. The molecule has 0 aromatic heterocycles. The van der Waals surface area contributed by atoms with Crippen LogP contribution in [0.1, 0.15) is 12.0 Å². The summed E-state index contributed by atoms with van der Waals surface area (Å²) < 4.78 is 11.6. The molecule has 33 heavy (non-hydrogen) atoms. The Kier molecular flexibility index (Phi) is 4.51. The summed E-state index contributed by atoms with van der Waals surface area (Å²) in [5.41, 5.74) is 1.61. The Morgan fingerprint density at radius 2 is 1.36 bits per heavy atom. The molecular weight excluding hydrogens is 408 g/mol. The second-order valence-electron chi connectivity index (χ2n) is 8.54. The summed E-state index contributed by atoms with van der Waals surface area (Å²) >= 11 is 0. The molecule has 1 atom stereocenters. The van der Waals surface area contributed by atoms with Crippen LogP contribution in [0.15, 0.2) is 84.9 Å². The van der Waals surface area contributed by atoms with E-state index in [9.17, 15) is 5.11 Å². The van der Waals surface area contributed by atoms with E-state index in [-0.39, 0.29) is 0 Å². The number of rotatable bonds is 3. The van der Waals surface area contributed by atoms with Gasteiger partial charge in [0, 0.05) is 24.7 Å². The van der Waals surface area contributed by atoms with Crippen LogP contribution >= 0.6 is 0 Å². The normalized spacial score (nSPS) is 17.8. The van der Waals surface area contributed by atoms with Crippen molar-refractivity contribution in [1.82, 2.24) is 0 Å². The number of hydrogen-bond acceptors (Lipinski definition) is 3. The van der Waals surface area contributed by atoms with Gasteiger partial charge in [-0.15, -0.1) is 0 Å².